The Balaban J connectivity index is 0.00000676. The molecular formula is C19H26O7Zn. The van der Waals surface area contributed by atoms with Crippen molar-refractivity contribution in [1.82, 2.24) is 0 Å². The molecule has 0 bridgehead atoms. The zero-order valence-corrected chi connectivity index (χ0v) is 19.7. The Morgan fingerprint density at radius 3 is 2.15 bits per heavy atom. The Morgan fingerprint density at radius 1 is 1.07 bits per heavy atom. The van der Waals surface area contributed by atoms with Gasteiger partial charge in [0.15, 0.2) is 0 Å². The molecule has 0 amide bonds. The number of carboxylic acids is 1. The van der Waals surface area contributed by atoms with Crippen LogP contribution in [0.1, 0.15) is 57.5 Å². The van der Waals surface area contributed by atoms with Crippen molar-refractivity contribution < 1.29 is 53.2 Å². The molecule has 8 heteroatoms. The van der Waals surface area contributed by atoms with Crippen LogP contribution in [0.3, 0.4) is 0 Å². The molecule has 0 atom stereocenters. The van der Waals surface area contributed by atoms with Crippen LogP contribution in [0.4, 0.5) is 4.79 Å². The van der Waals surface area contributed by atoms with Crippen molar-refractivity contribution in [2.24, 2.45) is 5.41 Å². The van der Waals surface area contributed by atoms with Crippen LogP contribution < -0.4 is 4.74 Å². The monoisotopic (exact) mass is 430 g/mol. The summed E-state index contributed by atoms with van der Waals surface area (Å²) in [5, 5.41) is 9.41. The largest absolute Gasteiger partial charge is 0.514 e. The Kier molecular flexibility index (Phi) is 9.13. The molecule has 0 spiro atoms. The number of benzene rings is 1. The van der Waals surface area contributed by atoms with E-state index in [4.69, 9.17) is 14.2 Å². The molecule has 0 radical (unpaired) electrons. The summed E-state index contributed by atoms with van der Waals surface area (Å²) < 4.78 is 15.4. The molecule has 27 heavy (non-hydrogen) atoms. The van der Waals surface area contributed by atoms with Gasteiger partial charge in [-0.2, -0.15) is 0 Å². The van der Waals surface area contributed by atoms with Crippen LogP contribution in [0.2, 0.25) is 0 Å². The van der Waals surface area contributed by atoms with Gasteiger partial charge in [0.2, 0.25) is 0 Å². The molecular weight excluding hydrogens is 406 g/mol. The maximum atomic E-state index is 12.2. The first-order valence-electron chi connectivity index (χ1n) is 8.30. The smallest absolute Gasteiger partial charge is 0.481 e. The van der Waals surface area contributed by atoms with Gasteiger partial charge >= 0.3 is 18.1 Å². The molecule has 0 unspecified atom stereocenters. The van der Waals surface area contributed by atoms with Gasteiger partial charge in [-0.25, -0.2) is 9.59 Å². The summed E-state index contributed by atoms with van der Waals surface area (Å²) in [6.45, 7) is 9.95. The Hall–Kier alpha value is -1.95. The summed E-state index contributed by atoms with van der Waals surface area (Å²) in [5.41, 5.74) is -1.50. The van der Waals surface area contributed by atoms with Gasteiger partial charge in [0.1, 0.15) is 11.4 Å². The minimum Gasteiger partial charge on any atom is -0.481 e. The van der Waals surface area contributed by atoms with Crippen molar-refractivity contribution in [3.8, 4) is 5.75 Å². The number of rotatable bonds is 6. The summed E-state index contributed by atoms with van der Waals surface area (Å²) in [6.07, 6.45) is -0.969. The third-order valence-corrected chi connectivity index (χ3v) is 3.41. The predicted octanol–water partition coefficient (Wildman–Crippen LogP) is 3.83. The Labute approximate surface area is 172 Å². The number of carbonyl (C=O) groups is 3. The van der Waals surface area contributed by atoms with E-state index >= 15 is 0 Å². The van der Waals surface area contributed by atoms with Gasteiger partial charge in [0.25, 0.3) is 0 Å². The number of hydrogen-bond donors (Lipinski definition) is 1. The molecule has 0 heterocycles. The van der Waals surface area contributed by atoms with Crippen molar-refractivity contribution >= 4 is 18.1 Å². The Morgan fingerprint density at radius 2 is 1.67 bits per heavy atom. The fraction of sp³-hybridized carbons (Fsp3) is 0.526. The maximum absolute atomic E-state index is 12.2. The molecule has 1 rings (SSSR count). The maximum Gasteiger partial charge on any atom is 0.514 e. The van der Waals surface area contributed by atoms with Crippen LogP contribution in [-0.4, -0.2) is 35.4 Å². The standard InChI is InChI=1S/C19H26O7.Zn/c1-7-24-15(20)12-9-8-10-14(25-17(23)26-18(2,3)4)13(12)11-19(5,6)16(21)22;/h8-10H,7,11H2,1-6H3,(H,21,22);. The van der Waals surface area contributed by atoms with Crippen molar-refractivity contribution in [2.45, 2.75) is 53.6 Å². The fourth-order valence-electron chi connectivity index (χ4n) is 2.12. The summed E-state index contributed by atoms with van der Waals surface area (Å²) in [7, 11) is 0. The number of esters is 1. The minimum absolute atomic E-state index is 0. The van der Waals surface area contributed by atoms with Gasteiger partial charge in [0, 0.05) is 25.0 Å². The fourth-order valence-corrected chi connectivity index (χ4v) is 2.12. The second-order valence-electron chi connectivity index (χ2n) is 7.44. The van der Waals surface area contributed by atoms with E-state index < -0.39 is 29.1 Å². The molecule has 0 aliphatic carbocycles. The van der Waals surface area contributed by atoms with Gasteiger partial charge in [-0.15, -0.1) is 0 Å². The average Bonchev–Trinajstić information content (AvgIpc) is 2.46. The molecule has 0 saturated carbocycles. The summed E-state index contributed by atoms with van der Waals surface area (Å²) in [4.78, 5) is 35.8. The van der Waals surface area contributed by atoms with Gasteiger partial charge < -0.3 is 19.3 Å². The average molecular weight is 432 g/mol. The van der Waals surface area contributed by atoms with E-state index in [2.05, 4.69) is 0 Å². The van der Waals surface area contributed by atoms with E-state index in [9.17, 15) is 19.5 Å². The zero-order valence-electron chi connectivity index (χ0n) is 16.8. The Bertz CT molecular complexity index is 690. The van der Waals surface area contributed by atoms with Crippen molar-refractivity contribution in [3.05, 3.63) is 29.3 Å². The summed E-state index contributed by atoms with van der Waals surface area (Å²) in [6, 6.07) is 4.52. The van der Waals surface area contributed by atoms with Crippen LogP contribution in [0.15, 0.2) is 18.2 Å². The van der Waals surface area contributed by atoms with Crippen LogP contribution in [0.5, 0.6) is 5.75 Å². The van der Waals surface area contributed by atoms with E-state index in [-0.39, 0.29) is 49.4 Å². The third kappa shape index (κ3) is 7.67. The molecule has 0 aliphatic heterocycles. The molecule has 0 aliphatic rings. The van der Waals surface area contributed by atoms with E-state index in [0.717, 1.165) is 0 Å². The number of carboxylic acid groups (broad SMARTS) is 1. The predicted molar refractivity (Wildman–Crippen MR) is 94.4 cm³/mol. The van der Waals surface area contributed by atoms with Crippen molar-refractivity contribution in [2.75, 3.05) is 6.61 Å². The SMILES string of the molecule is CCOC(=O)c1cccc(OC(=O)OC(C)(C)C)c1CC(C)(C)C(=O)O.[Zn]. The van der Waals surface area contributed by atoms with Gasteiger partial charge in [-0.3, -0.25) is 4.79 Å². The number of hydrogen-bond acceptors (Lipinski definition) is 6. The molecule has 0 saturated heterocycles. The van der Waals surface area contributed by atoms with Crippen LogP contribution >= 0.6 is 0 Å². The number of carbonyl (C=O) groups excluding carboxylic acids is 2. The molecule has 146 valence electrons. The van der Waals surface area contributed by atoms with Crippen molar-refractivity contribution in [1.29, 1.82) is 0 Å². The normalized spacial score (nSPS) is 11.2. The first kappa shape index (κ1) is 25.1. The van der Waals surface area contributed by atoms with Crippen LogP contribution in [0.25, 0.3) is 0 Å². The van der Waals surface area contributed by atoms with E-state index in [1.165, 1.54) is 32.0 Å². The number of aliphatic carboxylic acids is 1. The molecule has 1 aromatic carbocycles. The molecule has 7 nitrogen and oxygen atoms in total. The van der Waals surface area contributed by atoms with Gasteiger partial charge in [0.05, 0.1) is 17.6 Å². The zero-order chi connectivity index (χ0) is 20.1. The summed E-state index contributed by atoms with van der Waals surface area (Å²) in [5.74, 6) is -1.59. The van der Waals surface area contributed by atoms with Crippen LogP contribution in [-0.2, 0) is 40.2 Å². The first-order chi connectivity index (χ1) is 11.9. The quantitative estimate of drug-likeness (QED) is 0.415. The van der Waals surface area contributed by atoms with Crippen LogP contribution in [0, 0.1) is 5.41 Å². The third-order valence-electron chi connectivity index (χ3n) is 3.41. The van der Waals surface area contributed by atoms with E-state index in [1.54, 1.807) is 27.7 Å². The molecule has 0 aromatic heterocycles. The second-order valence-corrected chi connectivity index (χ2v) is 7.44. The van der Waals surface area contributed by atoms with Gasteiger partial charge in [-0.1, -0.05) is 6.07 Å². The van der Waals surface area contributed by atoms with Crippen molar-refractivity contribution in [3.63, 3.8) is 0 Å². The first-order valence-corrected chi connectivity index (χ1v) is 8.30. The molecule has 1 aromatic rings. The van der Waals surface area contributed by atoms with E-state index in [1.807, 2.05) is 0 Å². The summed E-state index contributed by atoms with van der Waals surface area (Å²) >= 11 is 0. The number of ether oxygens (including phenoxy) is 3. The molecule has 1 N–H and O–H groups in total. The minimum atomic E-state index is -1.19. The van der Waals surface area contributed by atoms with Gasteiger partial charge in [-0.05, 0) is 60.1 Å². The topological polar surface area (TPSA) is 99.1 Å². The van der Waals surface area contributed by atoms with E-state index in [0.29, 0.717) is 0 Å². The molecule has 0 fully saturated rings. The second kappa shape index (κ2) is 9.83.